The molecule has 8 heavy (non-hydrogen) atoms. The summed E-state index contributed by atoms with van der Waals surface area (Å²) >= 11 is 0. The van der Waals surface area contributed by atoms with E-state index in [2.05, 4.69) is 5.73 Å². The van der Waals surface area contributed by atoms with Crippen molar-refractivity contribution < 1.29 is 20.4 Å². The lowest BCUT2D eigenvalue weighted by Gasteiger charge is -1.59. The van der Waals surface area contributed by atoms with E-state index in [1.54, 1.807) is 0 Å². The number of hydrogen-bond donors (Lipinski definition) is 2. The molecule has 0 heterocycles. The Kier molecular flexibility index (Phi) is 12.0. The Balaban J connectivity index is 0. The van der Waals surface area contributed by atoms with Gasteiger partial charge >= 0.3 is 0 Å². The fourth-order valence-electron chi connectivity index (χ4n) is 0. The molecular weight excluding hydrogens is 110 g/mol. The highest BCUT2D eigenvalue weighted by Crippen LogP contribution is 1.42. The molecular formula is C4H10NO3+. The van der Waals surface area contributed by atoms with Gasteiger partial charge in [-0.05, 0) is 0 Å². The van der Waals surface area contributed by atoms with Crippen LogP contribution in [0, 0.1) is 0 Å². The van der Waals surface area contributed by atoms with Crippen molar-refractivity contribution in [2.45, 2.75) is 6.92 Å². The minimum absolute atomic E-state index is 0.389. The van der Waals surface area contributed by atoms with Crippen LogP contribution >= 0.6 is 0 Å². The van der Waals surface area contributed by atoms with Crippen LogP contribution in [0.5, 0.6) is 0 Å². The summed E-state index contributed by atoms with van der Waals surface area (Å²) in [4.78, 5) is 18.1. The molecule has 0 rings (SSSR count). The quantitative estimate of drug-likeness (QED) is 0.414. The highest BCUT2D eigenvalue weighted by Gasteiger charge is 1.65. The van der Waals surface area contributed by atoms with Crippen LogP contribution in [-0.2, 0) is 9.59 Å². The summed E-state index contributed by atoms with van der Waals surface area (Å²) < 4.78 is 0. The molecule has 0 radical (unpaired) electrons. The van der Waals surface area contributed by atoms with Gasteiger partial charge in [0.15, 0.2) is 6.29 Å². The fourth-order valence-corrected chi connectivity index (χ4v) is 0. The van der Waals surface area contributed by atoms with Crippen LogP contribution < -0.4 is 5.73 Å². The first kappa shape index (κ1) is 10.2. The third-order valence-electron chi connectivity index (χ3n) is 0.118. The molecule has 0 spiro atoms. The van der Waals surface area contributed by atoms with Crippen LogP contribution in [0.3, 0.4) is 0 Å². The SMILES string of the molecule is CC(=O)O.[NH3+]CC=O. The van der Waals surface area contributed by atoms with Crippen LogP contribution in [0.25, 0.3) is 0 Å². The smallest absolute Gasteiger partial charge is 0.300 e. The molecule has 0 aliphatic rings. The lowest BCUT2D eigenvalue weighted by molar-refractivity contribution is -0.351. The van der Waals surface area contributed by atoms with Gasteiger partial charge in [-0.3, -0.25) is 9.59 Å². The molecule has 0 fully saturated rings. The minimum atomic E-state index is -0.833. The van der Waals surface area contributed by atoms with E-state index in [4.69, 9.17) is 14.7 Å². The summed E-state index contributed by atoms with van der Waals surface area (Å²) in [5, 5.41) is 7.42. The van der Waals surface area contributed by atoms with Crippen LogP contribution in [0.1, 0.15) is 6.92 Å². The predicted molar refractivity (Wildman–Crippen MR) is 27.1 cm³/mol. The lowest BCUT2D eigenvalue weighted by Crippen LogP contribution is -2.50. The first-order valence-corrected chi connectivity index (χ1v) is 2.07. The minimum Gasteiger partial charge on any atom is -0.481 e. The number of carboxylic acid groups (broad SMARTS) is 1. The molecule has 0 aliphatic heterocycles. The summed E-state index contributed by atoms with van der Waals surface area (Å²) in [5.74, 6) is -0.833. The number of aldehydes is 1. The van der Waals surface area contributed by atoms with Crippen molar-refractivity contribution >= 4 is 12.3 Å². The van der Waals surface area contributed by atoms with Gasteiger partial charge in [-0.2, -0.15) is 0 Å². The second-order valence-electron chi connectivity index (χ2n) is 0.974. The van der Waals surface area contributed by atoms with Gasteiger partial charge in [0.05, 0.1) is 0 Å². The summed E-state index contributed by atoms with van der Waals surface area (Å²) in [7, 11) is 0. The first-order valence-electron chi connectivity index (χ1n) is 2.07. The zero-order valence-corrected chi connectivity index (χ0v) is 4.76. The van der Waals surface area contributed by atoms with Gasteiger partial charge in [-0.1, -0.05) is 0 Å². The van der Waals surface area contributed by atoms with Crippen molar-refractivity contribution in [3.63, 3.8) is 0 Å². The first-order chi connectivity index (χ1) is 3.65. The Morgan fingerprint density at radius 1 is 1.88 bits per heavy atom. The molecule has 48 valence electrons. The predicted octanol–water partition coefficient (Wildman–Crippen LogP) is -1.48. The lowest BCUT2D eigenvalue weighted by atomic mass is 10.8. The Bertz CT molecular complexity index is 67.7. The molecule has 4 heteroatoms. The highest BCUT2D eigenvalue weighted by atomic mass is 16.4. The molecule has 0 saturated carbocycles. The molecule has 0 aliphatic carbocycles. The average Bonchev–Trinajstić information content (AvgIpc) is 1.65. The van der Waals surface area contributed by atoms with Crippen LogP contribution in [0.15, 0.2) is 0 Å². The zero-order chi connectivity index (χ0) is 6.99. The molecule has 0 saturated heterocycles. The van der Waals surface area contributed by atoms with E-state index in [0.717, 1.165) is 13.2 Å². The number of hydrogen-bond acceptors (Lipinski definition) is 2. The van der Waals surface area contributed by atoms with Crippen molar-refractivity contribution in [3.8, 4) is 0 Å². The number of carbonyl (C=O) groups excluding carboxylic acids is 1. The van der Waals surface area contributed by atoms with Gasteiger partial charge in [0.25, 0.3) is 5.97 Å². The van der Waals surface area contributed by atoms with Crippen LogP contribution in [-0.4, -0.2) is 23.9 Å². The summed E-state index contributed by atoms with van der Waals surface area (Å²) in [6.45, 7) is 1.47. The third kappa shape index (κ3) is 8570. The second-order valence-corrected chi connectivity index (χ2v) is 0.974. The number of carbonyl (C=O) groups is 2. The molecule has 0 unspecified atom stereocenters. The number of aliphatic carboxylic acids is 1. The van der Waals surface area contributed by atoms with E-state index < -0.39 is 5.97 Å². The van der Waals surface area contributed by atoms with Crippen molar-refractivity contribution in [2.75, 3.05) is 6.54 Å². The molecule has 0 bridgehead atoms. The third-order valence-corrected chi connectivity index (χ3v) is 0.118. The largest absolute Gasteiger partial charge is 0.481 e. The number of quaternary nitrogens is 1. The van der Waals surface area contributed by atoms with E-state index in [9.17, 15) is 0 Å². The summed E-state index contributed by atoms with van der Waals surface area (Å²) in [5.41, 5.74) is 3.24. The van der Waals surface area contributed by atoms with Crippen molar-refractivity contribution in [1.82, 2.24) is 0 Å². The van der Waals surface area contributed by atoms with E-state index in [1.165, 1.54) is 0 Å². The highest BCUT2D eigenvalue weighted by molar-refractivity contribution is 5.62. The monoisotopic (exact) mass is 120 g/mol. The van der Waals surface area contributed by atoms with Gasteiger partial charge in [0, 0.05) is 6.92 Å². The molecule has 0 amide bonds. The maximum Gasteiger partial charge on any atom is 0.300 e. The molecule has 0 aromatic heterocycles. The molecule has 0 aromatic carbocycles. The van der Waals surface area contributed by atoms with Crippen molar-refractivity contribution in [3.05, 3.63) is 0 Å². The number of rotatable bonds is 1. The maximum atomic E-state index is 9.11. The summed E-state index contributed by atoms with van der Waals surface area (Å²) in [6, 6.07) is 0. The van der Waals surface area contributed by atoms with E-state index in [1.807, 2.05) is 0 Å². The standard InChI is InChI=1S/C2H5NO.C2H4O2/c3-1-2-4;1-2(3)4/h2H,1,3H2;1H3,(H,3,4)/p+1. The van der Waals surface area contributed by atoms with E-state index in [-0.39, 0.29) is 0 Å². The van der Waals surface area contributed by atoms with Gasteiger partial charge in [0.1, 0.15) is 6.54 Å². The molecule has 0 atom stereocenters. The Morgan fingerprint density at radius 3 is 2.00 bits per heavy atom. The van der Waals surface area contributed by atoms with E-state index >= 15 is 0 Å². The maximum absolute atomic E-state index is 9.11. The van der Waals surface area contributed by atoms with Gasteiger partial charge in [-0.15, -0.1) is 0 Å². The fraction of sp³-hybridized carbons (Fsp3) is 0.500. The molecule has 4 N–H and O–H groups in total. The normalized spacial score (nSPS) is 6.25. The Hall–Kier alpha value is -0.900. The van der Waals surface area contributed by atoms with Crippen LogP contribution in [0.4, 0.5) is 0 Å². The van der Waals surface area contributed by atoms with Crippen LogP contribution in [0.2, 0.25) is 0 Å². The zero-order valence-electron chi connectivity index (χ0n) is 4.76. The number of carboxylic acids is 1. The molecule has 0 aromatic rings. The Morgan fingerprint density at radius 2 is 2.00 bits per heavy atom. The Labute approximate surface area is 47.3 Å². The van der Waals surface area contributed by atoms with Gasteiger partial charge in [-0.25, -0.2) is 0 Å². The second kappa shape index (κ2) is 9.44. The average molecular weight is 120 g/mol. The van der Waals surface area contributed by atoms with Gasteiger partial charge < -0.3 is 10.8 Å². The van der Waals surface area contributed by atoms with E-state index in [0.29, 0.717) is 6.54 Å². The summed E-state index contributed by atoms with van der Waals surface area (Å²) in [6.07, 6.45) is 0.764. The van der Waals surface area contributed by atoms with Crippen molar-refractivity contribution in [1.29, 1.82) is 0 Å². The topological polar surface area (TPSA) is 82.0 Å². The van der Waals surface area contributed by atoms with Gasteiger partial charge in [0.2, 0.25) is 0 Å². The molecule has 4 nitrogen and oxygen atoms in total. The van der Waals surface area contributed by atoms with Crippen molar-refractivity contribution in [2.24, 2.45) is 0 Å².